The maximum Gasteiger partial charge on any atom is 0.303 e. The predicted molar refractivity (Wildman–Crippen MR) is 100 cm³/mol. The first kappa shape index (κ1) is 19.5. The largest absolute Gasteiger partial charge is 0.481 e. The Kier molecular flexibility index (Phi) is 6.78. The molecule has 3 N–H and O–H groups in total. The van der Waals surface area contributed by atoms with E-state index >= 15 is 0 Å². The first-order chi connectivity index (χ1) is 12.5. The topological polar surface area (TPSA) is 77.8 Å². The van der Waals surface area contributed by atoms with Crippen molar-refractivity contribution in [2.45, 2.75) is 82.8 Å². The number of aliphatic hydroxyl groups is 2. The SMILES string of the molecule is O=C(O)CC/C=C1\C[C@@H]2[C@@H](C#CC(O)CC3CCCCC3)[C@H](O)CC[C@H]12. The van der Waals surface area contributed by atoms with E-state index in [0.29, 0.717) is 24.2 Å². The average Bonchev–Trinajstić information content (AvgIpc) is 2.59. The van der Waals surface area contributed by atoms with Gasteiger partial charge in [-0.05, 0) is 49.9 Å². The second-order valence-electron chi connectivity index (χ2n) is 8.40. The minimum Gasteiger partial charge on any atom is -0.481 e. The molecule has 3 aliphatic carbocycles. The molecule has 0 heterocycles. The van der Waals surface area contributed by atoms with E-state index in [2.05, 4.69) is 17.9 Å². The molecule has 0 amide bonds. The van der Waals surface area contributed by atoms with Crippen molar-refractivity contribution in [1.29, 1.82) is 0 Å². The summed E-state index contributed by atoms with van der Waals surface area (Å²) < 4.78 is 0. The molecule has 4 heteroatoms. The summed E-state index contributed by atoms with van der Waals surface area (Å²) in [5.74, 6) is 6.86. The maximum atomic E-state index is 10.7. The molecule has 0 spiro atoms. The van der Waals surface area contributed by atoms with Crippen molar-refractivity contribution in [3.05, 3.63) is 11.6 Å². The number of hydrogen-bond acceptors (Lipinski definition) is 3. The number of allylic oxidation sites excluding steroid dienone is 2. The molecule has 0 saturated heterocycles. The molecule has 0 aliphatic heterocycles. The molecule has 26 heavy (non-hydrogen) atoms. The molecule has 3 saturated carbocycles. The highest BCUT2D eigenvalue weighted by atomic mass is 16.4. The number of aliphatic carboxylic acids is 1. The summed E-state index contributed by atoms with van der Waals surface area (Å²) in [6.45, 7) is 0. The van der Waals surface area contributed by atoms with Crippen LogP contribution in [0.3, 0.4) is 0 Å². The van der Waals surface area contributed by atoms with Crippen LogP contribution in [0, 0.1) is 35.5 Å². The molecule has 4 nitrogen and oxygen atoms in total. The molecule has 0 aromatic carbocycles. The Bertz CT molecular complexity index is 579. The van der Waals surface area contributed by atoms with Crippen LogP contribution >= 0.6 is 0 Å². The van der Waals surface area contributed by atoms with E-state index in [1.54, 1.807) is 0 Å². The van der Waals surface area contributed by atoms with Gasteiger partial charge in [0.25, 0.3) is 0 Å². The lowest BCUT2D eigenvalue weighted by atomic mass is 9.57. The van der Waals surface area contributed by atoms with Gasteiger partial charge in [-0.1, -0.05) is 55.6 Å². The van der Waals surface area contributed by atoms with E-state index in [9.17, 15) is 15.0 Å². The summed E-state index contributed by atoms with van der Waals surface area (Å²) >= 11 is 0. The van der Waals surface area contributed by atoms with Crippen LogP contribution in [0.4, 0.5) is 0 Å². The molecule has 144 valence electrons. The number of aliphatic hydroxyl groups excluding tert-OH is 2. The summed E-state index contributed by atoms with van der Waals surface area (Å²) in [7, 11) is 0. The lowest BCUT2D eigenvalue weighted by Crippen LogP contribution is -2.44. The van der Waals surface area contributed by atoms with E-state index in [0.717, 1.165) is 25.7 Å². The van der Waals surface area contributed by atoms with Crippen molar-refractivity contribution < 1.29 is 20.1 Å². The van der Waals surface area contributed by atoms with E-state index in [1.807, 2.05) is 0 Å². The van der Waals surface area contributed by atoms with Crippen molar-refractivity contribution in [3.8, 4) is 11.8 Å². The number of carbonyl (C=O) groups is 1. The molecule has 3 aliphatic rings. The molecule has 0 radical (unpaired) electrons. The van der Waals surface area contributed by atoms with Crippen LogP contribution in [0.2, 0.25) is 0 Å². The Morgan fingerprint density at radius 3 is 2.69 bits per heavy atom. The first-order valence-electron chi connectivity index (χ1n) is 10.3. The summed E-state index contributed by atoms with van der Waals surface area (Å²) in [4.78, 5) is 10.7. The van der Waals surface area contributed by atoms with E-state index < -0.39 is 18.2 Å². The van der Waals surface area contributed by atoms with Crippen LogP contribution in [0.5, 0.6) is 0 Å². The highest BCUT2D eigenvalue weighted by Gasteiger charge is 2.46. The third-order valence-electron chi connectivity index (χ3n) is 6.58. The summed E-state index contributed by atoms with van der Waals surface area (Å²) in [5.41, 5.74) is 1.35. The van der Waals surface area contributed by atoms with E-state index in [4.69, 9.17) is 5.11 Å². The van der Waals surface area contributed by atoms with Gasteiger partial charge in [0.15, 0.2) is 0 Å². The molecular formula is C22H32O4. The summed E-state index contributed by atoms with van der Waals surface area (Å²) in [6, 6.07) is 0. The monoisotopic (exact) mass is 360 g/mol. The van der Waals surface area contributed by atoms with Crippen molar-refractivity contribution in [1.82, 2.24) is 0 Å². The highest BCUT2D eigenvalue weighted by molar-refractivity contribution is 5.66. The zero-order valence-electron chi connectivity index (χ0n) is 15.6. The Morgan fingerprint density at radius 1 is 1.19 bits per heavy atom. The number of fused-ring (bicyclic) bond motifs is 1. The molecule has 0 aromatic rings. The Labute approximate surface area is 156 Å². The van der Waals surface area contributed by atoms with E-state index in [1.165, 1.54) is 37.7 Å². The smallest absolute Gasteiger partial charge is 0.303 e. The second-order valence-corrected chi connectivity index (χ2v) is 8.40. The summed E-state index contributed by atoms with van der Waals surface area (Å²) in [6.07, 6.45) is 11.6. The van der Waals surface area contributed by atoms with Gasteiger partial charge in [0, 0.05) is 6.42 Å². The van der Waals surface area contributed by atoms with Crippen molar-refractivity contribution >= 4 is 5.97 Å². The zero-order chi connectivity index (χ0) is 18.5. The molecular weight excluding hydrogens is 328 g/mol. The normalized spacial score (nSPS) is 34.3. The van der Waals surface area contributed by atoms with Gasteiger partial charge in [0.2, 0.25) is 0 Å². The molecule has 0 bridgehead atoms. The lowest BCUT2D eigenvalue weighted by Gasteiger charge is -2.48. The minimum absolute atomic E-state index is 0.0496. The van der Waals surface area contributed by atoms with Crippen LogP contribution in [0.15, 0.2) is 11.6 Å². The van der Waals surface area contributed by atoms with Crippen LogP contribution in [0.25, 0.3) is 0 Å². The van der Waals surface area contributed by atoms with Crippen molar-refractivity contribution in [2.75, 3.05) is 0 Å². The van der Waals surface area contributed by atoms with Gasteiger partial charge in [-0.15, -0.1) is 0 Å². The Balaban J connectivity index is 1.53. The average molecular weight is 360 g/mol. The third kappa shape index (κ3) is 4.90. The van der Waals surface area contributed by atoms with Crippen LogP contribution in [-0.2, 0) is 4.79 Å². The predicted octanol–water partition coefficient (Wildman–Crippen LogP) is 3.52. The first-order valence-corrected chi connectivity index (χ1v) is 10.3. The molecule has 3 fully saturated rings. The van der Waals surface area contributed by atoms with Gasteiger partial charge in [-0.25, -0.2) is 0 Å². The van der Waals surface area contributed by atoms with Crippen LogP contribution in [-0.4, -0.2) is 33.5 Å². The van der Waals surface area contributed by atoms with Gasteiger partial charge >= 0.3 is 5.97 Å². The van der Waals surface area contributed by atoms with E-state index in [-0.39, 0.29) is 12.3 Å². The third-order valence-corrected chi connectivity index (χ3v) is 6.58. The molecule has 1 unspecified atom stereocenters. The fourth-order valence-corrected chi connectivity index (χ4v) is 5.08. The molecule has 5 atom stereocenters. The second kappa shape index (κ2) is 9.06. The molecule has 0 aromatic heterocycles. The van der Waals surface area contributed by atoms with Crippen molar-refractivity contribution in [2.24, 2.45) is 23.7 Å². The lowest BCUT2D eigenvalue weighted by molar-refractivity contribution is -0.136. The number of carboxylic acids is 1. The number of rotatable bonds is 5. The zero-order valence-corrected chi connectivity index (χ0v) is 15.6. The highest BCUT2D eigenvalue weighted by Crippen LogP contribution is 2.51. The Hall–Kier alpha value is -1.31. The van der Waals surface area contributed by atoms with Gasteiger partial charge < -0.3 is 15.3 Å². The quantitative estimate of drug-likeness (QED) is 0.518. The number of hydrogen-bond donors (Lipinski definition) is 3. The van der Waals surface area contributed by atoms with Crippen LogP contribution in [0.1, 0.15) is 70.6 Å². The fraction of sp³-hybridized carbons (Fsp3) is 0.773. The standard InChI is InChI=1S/C22H32O4/c23-17(13-15-5-2-1-3-6-15)9-10-19-20-14-16(7-4-8-22(25)26)18(20)11-12-21(19)24/h7,15,17-21,23-24H,1-6,8,11-14H2,(H,25,26)/b16-7+/t17?,18-,19-,20+,21-/m1/s1. The molecule has 3 rings (SSSR count). The maximum absolute atomic E-state index is 10.7. The van der Waals surface area contributed by atoms with Gasteiger partial charge in [-0.3, -0.25) is 4.79 Å². The van der Waals surface area contributed by atoms with Crippen LogP contribution < -0.4 is 0 Å². The van der Waals surface area contributed by atoms with Gasteiger partial charge in [0.1, 0.15) is 6.10 Å². The van der Waals surface area contributed by atoms with Gasteiger partial charge in [0.05, 0.1) is 12.0 Å². The number of carboxylic acid groups (broad SMARTS) is 1. The van der Waals surface area contributed by atoms with Crippen molar-refractivity contribution in [3.63, 3.8) is 0 Å². The van der Waals surface area contributed by atoms with Gasteiger partial charge in [-0.2, -0.15) is 0 Å². The fourth-order valence-electron chi connectivity index (χ4n) is 5.08. The minimum atomic E-state index is -0.757. The Morgan fingerprint density at radius 2 is 1.96 bits per heavy atom. The summed E-state index contributed by atoms with van der Waals surface area (Å²) in [5, 5.41) is 29.4.